The van der Waals surface area contributed by atoms with Crippen molar-refractivity contribution in [2.24, 2.45) is 11.8 Å². The molecule has 0 saturated carbocycles. The van der Waals surface area contributed by atoms with Crippen LogP contribution in [0.1, 0.15) is 44.3 Å². The maximum Gasteiger partial charge on any atom is 0.306 e. The second kappa shape index (κ2) is 8.54. The van der Waals surface area contributed by atoms with Crippen molar-refractivity contribution < 1.29 is 14.3 Å². The van der Waals surface area contributed by atoms with Crippen LogP contribution >= 0.6 is 0 Å². The molecule has 5 nitrogen and oxygen atoms in total. The highest BCUT2D eigenvalue weighted by atomic mass is 16.5. The van der Waals surface area contributed by atoms with Crippen LogP contribution in [0.15, 0.2) is 43.1 Å². The predicted molar refractivity (Wildman–Crippen MR) is 114 cm³/mol. The lowest BCUT2D eigenvalue weighted by molar-refractivity contribution is -0.157. The number of pyridine rings is 1. The zero-order valence-corrected chi connectivity index (χ0v) is 17.3. The molecule has 0 aliphatic carbocycles. The Hall–Kier alpha value is -2.40. The topological polar surface area (TPSA) is 51.7 Å². The highest BCUT2D eigenvalue weighted by molar-refractivity contribution is 5.84. The molecule has 5 heteroatoms. The number of benzene rings is 1. The molecule has 2 bridgehead atoms. The minimum Gasteiger partial charge on any atom is -0.497 e. The number of methoxy groups -OCH3 is 1. The number of fused-ring (bicyclic) bond motifs is 4. The van der Waals surface area contributed by atoms with Gasteiger partial charge in [-0.05, 0) is 61.9 Å². The Morgan fingerprint density at radius 1 is 1.41 bits per heavy atom. The molecule has 3 aliphatic rings. The Bertz CT molecular complexity index is 897. The highest BCUT2D eigenvalue weighted by Crippen LogP contribution is 2.43. The van der Waals surface area contributed by atoms with E-state index >= 15 is 0 Å². The standard InChI is InChI=1S/C24H30N2O3/c1-4-6-23(27)29-24(22-13-17-10-12-26(22)15-16(17)5-2)19-9-11-25-21-8-7-18(28-3)14-20(19)21/h5,7-9,11,14,16-17,22,24H,2,4,6,10,12-13,15H2,1,3H3/t16-,17-,22-,24+/m0/s1. The second-order valence-corrected chi connectivity index (χ2v) is 8.19. The van der Waals surface area contributed by atoms with Gasteiger partial charge in [0.1, 0.15) is 11.9 Å². The smallest absolute Gasteiger partial charge is 0.306 e. The monoisotopic (exact) mass is 394 g/mol. The van der Waals surface area contributed by atoms with Gasteiger partial charge in [-0.15, -0.1) is 6.58 Å². The van der Waals surface area contributed by atoms with E-state index in [1.165, 1.54) is 6.42 Å². The summed E-state index contributed by atoms with van der Waals surface area (Å²) in [6, 6.07) is 8.06. The number of nitrogens with zero attached hydrogens (tertiary/aromatic N) is 2. The molecule has 3 saturated heterocycles. The van der Waals surface area contributed by atoms with E-state index in [-0.39, 0.29) is 18.1 Å². The molecule has 0 radical (unpaired) electrons. The van der Waals surface area contributed by atoms with Crippen LogP contribution in [-0.2, 0) is 9.53 Å². The van der Waals surface area contributed by atoms with Gasteiger partial charge in [0.2, 0.25) is 0 Å². The zero-order chi connectivity index (χ0) is 20.4. The number of ether oxygens (including phenoxy) is 2. The Labute approximate surface area is 172 Å². The summed E-state index contributed by atoms with van der Waals surface area (Å²) in [4.78, 5) is 19.6. The van der Waals surface area contributed by atoms with E-state index in [0.29, 0.717) is 18.3 Å². The van der Waals surface area contributed by atoms with E-state index in [0.717, 1.165) is 48.1 Å². The molecule has 0 amide bonds. The van der Waals surface area contributed by atoms with Gasteiger partial charge >= 0.3 is 5.97 Å². The maximum atomic E-state index is 12.6. The number of aromatic nitrogens is 1. The number of carbonyl (C=O) groups is 1. The van der Waals surface area contributed by atoms with Crippen LogP contribution in [0.4, 0.5) is 0 Å². The average Bonchev–Trinajstić information content (AvgIpc) is 2.77. The fraction of sp³-hybridized carbons (Fsp3) is 0.500. The molecular formula is C24H30N2O3. The normalized spacial score (nSPS) is 26.8. The van der Waals surface area contributed by atoms with Crippen molar-refractivity contribution in [3.8, 4) is 5.75 Å². The molecule has 0 spiro atoms. The molecule has 3 fully saturated rings. The first kappa shape index (κ1) is 19.9. The number of carbonyl (C=O) groups excluding carboxylic acids is 1. The summed E-state index contributed by atoms with van der Waals surface area (Å²) in [7, 11) is 1.66. The highest BCUT2D eigenvalue weighted by Gasteiger charge is 2.44. The molecule has 1 unspecified atom stereocenters. The van der Waals surface area contributed by atoms with Crippen molar-refractivity contribution in [3.05, 3.63) is 48.7 Å². The zero-order valence-electron chi connectivity index (χ0n) is 17.3. The lowest BCUT2D eigenvalue weighted by atomic mass is 9.73. The minimum absolute atomic E-state index is 0.131. The van der Waals surface area contributed by atoms with E-state index in [9.17, 15) is 4.79 Å². The molecular weight excluding hydrogens is 364 g/mol. The lowest BCUT2D eigenvalue weighted by Gasteiger charge is -2.51. The van der Waals surface area contributed by atoms with Crippen molar-refractivity contribution in [2.45, 2.75) is 44.8 Å². The number of rotatable bonds is 7. The van der Waals surface area contributed by atoms with Crippen LogP contribution in [0.2, 0.25) is 0 Å². The maximum absolute atomic E-state index is 12.6. The SMILES string of the molecule is C=C[C@H]1CN2CC[C@H]1C[C@H]2[C@H](OC(=O)CCC)c1ccnc2ccc(OC)cc12. The summed E-state index contributed by atoms with van der Waals surface area (Å²) < 4.78 is 11.6. The van der Waals surface area contributed by atoms with E-state index in [1.54, 1.807) is 7.11 Å². The first-order valence-corrected chi connectivity index (χ1v) is 10.6. The molecule has 0 N–H and O–H groups in total. The minimum atomic E-state index is -0.305. The van der Waals surface area contributed by atoms with Crippen molar-refractivity contribution in [2.75, 3.05) is 20.2 Å². The number of hydrogen-bond donors (Lipinski definition) is 0. The quantitative estimate of drug-likeness (QED) is 0.510. The van der Waals surface area contributed by atoms with Gasteiger partial charge in [-0.25, -0.2) is 0 Å². The molecule has 5 atom stereocenters. The third-order valence-corrected chi connectivity index (χ3v) is 6.50. The average molecular weight is 395 g/mol. The van der Waals surface area contributed by atoms with E-state index in [2.05, 4.69) is 22.5 Å². The van der Waals surface area contributed by atoms with Crippen LogP contribution < -0.4 is 4.74 Å². The van der Waals surface area contributed by atoms with E-state index < -0.39 is 0 Å². The first-order chi connectivity index (χ1) is 14.1. The van der Waals surface area contributed by atoms with Crippen molar-refractivity contribution >= 4 is 16.9 Å². The fourth-order valence-corrected chi connectivity index (χ4v) is 4.97. The van der Waals surface area contributed by atoms with Crippen molar-refractivity contribution in [3.63, 3.8) is 0 Å². The summed E-state index contributed by atoms with van der Waals surface area (Å²) in [6.45, 7) is 8.08. The number of hydrogen-bond acceptors (Lipinski definition) is 5. The van der Waals surface area contributed by atoms with E-state index in [1.807, 2.05) is 37.4 Å². The summed E-state index contributed by atoms with van der Waals surface area (Å²) >= 11 is 0. The van der Waals surface area contributed by atoms with Gasteiger partial charge < -0.3 is 9.47 Å². The van der Waals surface area contributed by atoms with Gasteiger partial charge in [-0.2, -0.15) is 0 Å². The Kier molecular flexibility index (Phi) is 5.86. The summed E-state index contributed by atoms with van der Waals surface area (Å²) in [5.41, 5.74) is 1.91. The van der Waals surface area contributed by atoms with Crippen LogP contribution in [0, 0.1) is 11.8 Å². The molecule has 1 aromatic carbocycles. The van der Waals surface area contributed by atoms with E-state index in [4.69, 9.17) is 9.47 Å². The summed E-state index contributed by atoms with van der Waals surface area (Å²) in [5.74, 6) is 1.79. The molecule has 4 heterocycles. The van der Waals surface area contributed by atoms with Gasteiger partial charge in [0, 0.05) is 30.1 Å². The van der Waals surface area contributed by atoms with Gasteiger partial charge in [-0.1, -0.05) is 13.0 Å². The van der Waals surface area contributed by atoms with Gasteiger partial charge in [0.05, 0.1) is 18.7 Å². The fourth-order valence-electron chi connectivity index (χ4n) is 4.97. The van der Waals surface area contributed by atoms with Crippen LogP contribution in [0.3, 0.4) is 0 Å². The largest absolute Gasteiger partial charge is 0.497 e. The van der Waals surface area contributed by atoms with Crippen molar-refractivity contribution in [1.82, 2.24) is 9.88 Å². The molecule has 1 aromatic heterocycles. The van der Waals surface area contributed by atoms with Crippen molar-refractivity contribution in [1.29, 1.82) is 0 Å². The second-order valence-electron chi connectivity index (χ2n) is 8.19. The Morgan fingerprint density at radius 3 is 2.97 bits per heavy atom. The molecule has 154 valence electrons. The molecule has 3 aliphatic heterocycles. The third kappa shape index (κ3) is 3.88. The van der Waals surface area contributed by atoms with Crippen LogP contribution in [0.5, 0.6) is 5.75 Å². The number of piperidine rings is 3. The molecule has 5 rings (SSSR count). The summed E-state index contributed by atoms with van der Waals surface area (Å²) in [6.07, 6.45) is 7.04. The van der Waals surface area contributed by atoms with Crippen LogP contribution in [0.25, 0.3) is 10.9 Å². The first-order valence-electron chi connectivity index (χ1n) is 10.6. The third-order valence-electron chi connectivity index (χ3n) is 6.50. The predicted octanol–water partition coefficient (Wildman–Crippen LogP) is 4.52. The van der Waals surface area contributed by atoms with Gasteiger partial charge in [0.15, 0.2) is 0 Å². The lowest BCUT2D eigenvalue weighted by Crippen LogP contribution is -2.55. The Morgan fingerprint density at radius 2 is 2.28 bits per heavy atom. The molecule has 2 aromatic rings. The number of esters is 1. The van der Waals surface area contributed by atoms with Crippen LogP contribution in [-0.4, -0.2) is 42.1 Å². The molecule has 29 heavy (non-hydrogen) atoms. The van der Waals surface area contributed by atoms with Gasteiger partial charge in [0.25, 0.3) is 0 Å². The van der Waals surface area contributed by atoms with Gasteiger partial charge in [-0.3, -0.25) is 14.7 Å². The summed E-state index contributed by atoms with van der Waals surface area (Å²) in [5, 5.41) is 0.990. The Balaban J connectivity index is 1.75.